The van der Waals surface area contributed by atoms with E-state index >= 15 is 0 Å². The van der Waals surface area contributed by atoms with Gasteiger partial charge >= 0.3 is 17.9 Å². The average molecular weight is 1250 g/mol. The van der Waals surface area contributed by atoms with Crippen molar-refractivity contribution in [2.24, 2.45) is 33.6 Å². The van der Waals surface area contributed by atoms with E-state index < -0.39 is 76.8 Å². The molecule has 5 amide bonds. The smallest absolute Gasteiger partial charge is 0.353 e. The first-order valence-electron chi connectivity index (χ1n) is 25.9. The van der Waals surface area contributed by atoms with Crippen molar-refractivity contribution in [3.05, 3.63) is 74.1 Å². The number of aliphatic imine (C=N–C) groups is 1. The lowest BCUT2D eigenvalue weighted by atomic mass is 9.79. The molecule has 84 heavy (non-hydrogen) atoms. The molecule has 29 nitrogen and oxygen atoms in total. The van der Waals surface area contributed by atoms with Gasteiger partial charge in [0.2, 0.25) is 23.3 Å². The number of aliphatic carboxylic acids is 4. The molecule has 456 valence electrons. The number of thiazole rings is 1. The highest BCUT2D eigenvalue weighted by molar-refractivity contribution is 8.03. The van der Waals surface area contributed by atoms with Crippen LogP contribution >= 0.6 is 46.6 Å². The molecule has 2 aromatic heterocycles. The van der Waals surface area contributed by atoms with Crippen LogP contribution in [0.2, 0.25) is 0 Å². The number of nitrogens with two attached hydrogens (primary N) is 2. The summed E-state index contributed by atoms with van der Waals surface area (Å²) < 4.78 is 1.78. The maximum absolute atomic E-state index is 13.1. The number of hydrogen-bond donors (Lipinski definition) is 9. The number of likely N-dealkylation sites (N-methyl/N-ethyl adjacent to an activating group) is 1. The van der Waals surface area contributed by atoms with E-state index in [-0.39, 0.29) is 92.7 Å². The number of hydrogen-bond acceptors (Lipinski definition) is 22. The van der Waals surface area contributed by atoms with Gasteiger partial charge in [0.05, 0.1) is 66.7 Å². The third-order valence-electron chi connectivity index (χ3n) is 14.5. The molecule has 2 aromatic rings. The molecule has 0 aliphatic carbocycles. The Morgan fingerprint density at radius 2 is 1.63 bits per heavy atom. The number of pyridine rings is 1. The van der Waals surface area contributed by atoms with Crippen molar-refractivity contribution in [2.75, 3.05) is 44.4 Å². The van der Waals surface area contributed by atoms with Crippen molar-refractivity contribution in [3.8, 4) is 0 Å². The molecule has 7 aliphatic rings. The molecule has 0 bridgehead atoms. The predicted octanol–water partition coefficient (Wildman–Crippen LogP) is -2.82. The molecule has 13 N–H and O–H groups in total. The summed E-state index contributed by atoms with van der Waals surface area (Å²) in [6.45, 7) is 8.88. The molecular weight excluding hydrogens is 1180 g/mol. The molecule has 7 aliphatic heterocycles. The Morgan fingerprint density at radius 3 is 2.19 bits per heavy atom. The van der Waals surface area contributed by atoms with Gasteiger partial charge in [-0.25, -0.2) is 23.9 Å². The summed E-state index contributed by atoms with van der Waals surface area (Å²) in [7, 11) is 3.42. The number of fused-ring (bicyclic) bond motifs is 3. The molecule has 4 saturated heterocycles. The van der Waals surface area contributed by atoms with E-state index in [1.54, 1.807) is 61.9 Å². The van der Waals surface area contributed by atoms with E-state index in [0.29, 0.717) is 52.8 Å². The summed E-state index contributed by atoms with van der Waals surface area (Å²) in [5.41, 5.74) is 9.06. The summed E-state index contributed by atoms with van der Waals surface area (Å²) in [5.74, 6) is -7.44. The average Bonchev–Trinajstić information content (AvgIpc) is 1.52. The van der Waals surface area contributed by atoms with Crippen molar-refractivity contribution >= 4 is 117 Å². The molecule has 9 heterocycles. The van der Waals surface area contributed by atoms with Gasteiger partial charge in [0.15, 0.2) is 29.8 Å². The number of anilines is 1. The molecule has 9 rings (SSSR count). The molecule has 0 aromatic carbocycles. The van der Waals surface area contributed by atoms with E-state index in [9.17, 15) is 73.8 Å². The Morgan fingerprint density at radius 1 is 0.988 bits per heavy atom. The highest BCUT2D eigenvalue weighted by atomic mass is 32.2. The largest absolute Gasteiger partial charge is 0.543 e. The zero-order valence-corrected chi connectivity index (χ0v) is 49.7. The quantitative estimate of drug-likeness (QED) is 0.0161. The summed E-state index contributed by atoms with van der Waals surface area (Å²) in [5, 5.41) is 70.0. The summed E-state index contributed by atoms with van der Waals surface area (Å²) in [6.07, 6.45) is 4.30. The maximum atomic E-state index is 13.1. The van der Waals surface area contributed by atoms with Crippen LogP contribution in [0.3, 0.4) is 0 Å². The minimum absolute atomic E-state index is 0. The second-order valence-electron chi connectivity index (χ2n) is 20.7. The zero-order chi connectivity index (χ0) is 61.1. The third kappa shape index (κ3) is 13.5. The Labute approximate surface area is 497 Å². The number of aliphatic hydroxyl groups excluding tert-OH is 2. The number of β-lactam (4-membered cyclic amide) rings is 3. The lowest BCUT2D eigenvalue weighted by Crippen LogP contribution is -2.71. The molecule has 33 heteroatoms. The Bertz CT molecular complexity index is 3100. The van der Waals surface area contributed by atoms with Gasteiger partial charge in [-0.2, -0.15) is 0 Å². The van der Waals surface area contributed by atoms with Crippen LogP contribution in [0, 0.1) is 17.8 Å². The maximum Gasteiger partial charge on any atom is 0.353 e. The van der Waals surface area contributed by atoms with Crippen molar-refractivity contribution in [1.29, 1.82) is 0 Å². The van der Waals surface area contributed by atoms with Crippen LogP contribution in [-0.4, -0.2) is 212 Å². The van der Waals surface area contributed by atoms with E-state index in [2.05, 4.69) is 25.8 Å². The van der Waals surface area contributed by atoms with Crippen molar-refractivity contribution < 1.29 is 88.7 Å². The van der Waals surface area contributed by atoms with Gasteiger partial charge in [-0.3, -0.25) is 33.9 Å². The number of carbonyl (C=O) groups excluding carboxylic acids is 6. The van der Waals surface area contributed by atoms with Gasteiger partial charge in [0.1, 0.15) is 28.5 Å². The SMILES string of the molecule is CC(C)(O/N=C(\C(=O)N[C@@H]1C(=O)N2C(C(=O)[O-])=C(C[n+]3ccccc3)CS[C@H]12)c1csc(N)n1)C(=O)O.C[C@@H](O)[C@H]1C(=O)N2C(C(=O)O)=C(SCCN=CN)C[C@H]12.C[C@@H](O)[C@H]1C(=O)N2C(C(=O)O)=C(S[C@@H]3CN[C@H](C(=O)N(C)C)C3)[C@H](C)[C@H]12.O. The van der Waals surface area contributed by atoms with Crippen LogP contribution in [0.25, 0.3) is 0 Å². The number of carboxylic acid groups (broad SMARTS) is 4. The predicted molar refractivity (Wildman–Crippen MR) is 304 cm³/mol. The van der Waals surface area contributed by atoms with Gasteiger partial charge in [0.25, 0.3) is 11.8 Å². The highest BCUT2D eigenvalue weighted by Crippen LogP contribution is 2.52. The van der Waals surface area contributed by atoms with Gasteiger partial charge in [-0.1, -0.05) is 18.1 Å². The van der Waals surface area contributed by atoms with Crippen LogP contribution in [0.15, 0.2) is 78.6 Å². The number of nitrogen functional groups attached to an aromatic ring is 1. The fourth-order valence-electron chi connectivity index (χ4n) is 10.4. The van der Waals surface area contributed by atoms with Crippen LogP contribution < -0.4 is 31.8 Å². The molecule has 4 fully saturated rings. The highest BCUT2D eigenvalue weighted by Gasteiger charge is 2.61. The summed E-state index contributed by atoms with van der Waals surface area (Å²) in [4.78, 5) is 129. The Kier molecular flexibility index (Phi) is 21.4. The van der Waals surface area contributed by atoms with Crippen molar-refractivity contribution in [2.45, 2.75) is 107 Å². The van der Waals surface area contributed by atoms with Crippen LogP contribution in [0.4, 0.5) is 5.13 Å². The van der Waals surface area contributed by atoms with Crippen LogP contribution in [0.5, 0.6) is 0 Å². The summed E-state index contributed by atoms with van der Waals surface area (Å²) >= 11 is 5.14. The number of carbonyl (C=O) groups is 9. The third-order valence-corrected chi connectivity index (χ3v) is 19.1. The molecule has 0 radical (unpaired) electrons. The first-order chi connectivity index (χ1) is 39.1. The number of nitrogens with zero attached hydrogens (tertiary/aromatic N) is 8. The fraction of sp³-hybridized carbons (Fsp3) is 0.510. The molecule has 0 unspecified atom stereocenters. The van der Waals surface area contributed by atoms with Gasteiger partial charge in [0, 0.05) is 82.6 Å². The van der Waals surface area contributed by atoms with E-state index in [1.807, 2.05) is 13.0 Å². The minimum Gasteiger partial charge on any atom is -0.543 e. The monoisotopic (exact) mass is 1250 g/mol. The van der Waals surface area contributed by atoms with Gasteiger partial charge in [-0.05, 0) is 34.1 Å². The lowest BCUT2D eigenvalue weighted by molar-refractivity contribution is -0.689. The van der Waals surface area contributed by atoms with Crippen LogP contribution in [0.1, 0.15) is 53.2 Å². The van der Waals surface area contributed by atoms with Crippen molar-refractivity contribution in [3.63, 3.8) is 0 Å². The topological polar surface area (TPSA) is 449 Å². The minimum atomic E-state index is -1.75. The first kappa shape index (κ1) is 66.0. The lowest BCUT2D eigenvalue weighted by Gasteiger charge is -2.50. The van der Waals surface area contributed by atoms with E-state index in [1.165, 1.54) is 70.7 Å². The number of nitrogens with one attached hydrogen (secondary N) is 2. The van der Waals surface area contributed by atoms with Gasteiger partial charge < -0.3 is 82.5 Å². The second-order valence-corrected chi connectivity index (χ2v) is 25.3. The molecule has 0 saturated carbocycles. The number of aliphatic hydroxyl groups is 2. The number of amides is 5. The van der Waals surface area contributed by atoms with Crippen LogP contribution in [-0.2, 0) is 54.5 Å². The zero-order valence-electron chi connectivity index (χ0n) is 46.4. The number of aromatic nitrogens is 2. The number of carboxylic acids is 4. The fourth-order valence-corrected chi connectivity index (χ4v) is 14.8. The van der Waals surface area contributed by atoms with E-state index in [0.717, 1.165) is 16.2 Å². The van der Waals surface area contributed by atoms with Gasteiger partial charge in [-0.15, -0.1) is 46.6 Å². The normalized spacial score (nSPS) is 25.8. The van der Waals surface area contributed by atoms with E-state index in [4.69, 9.17) is 16.3 Å². The standard InChI is InChI=1S/C22H22N6O7S2.C17H25N3O5S.C12H17N3O4S.H2O/c1-22(2,20(33)34)35-26-13(12-10-37-21(23)24-12)16(29)25-14-17(30)28-15(19(31)32)11(9-36-18(14)28)8-27-6-4-3-5-7-27;1-7-12-11(8(2)21)16(23)20(12)13(17(24)25)14(7)26-9-5-10(18-6-9)15(22)19(3)4;1-6(16)9-7-4-8(20-3-2-14-5-13)10(12(18)19)15(7)11(9)17;/h3-7,10,14,18H,8-9H2,1-2H3,(H4-,23,24,25,29,31,32,33,34);7-12,18,21H,5-6H2,1-4H3,(H,24,25);5-7,9,16H,2-4H2,1H3,(H2,13,14)(H,18,19);1H2/b26-13-;;;/t14-,18-;7-,8-,9+,10+,11-,12-;6-,7-,9-;/m111./s1. The number of rotatable bonds is 20. The number of thioether (sulfide) groups is 3. The first-order valence-corrected chi connectivity index (χ1v) is 29.7. The Balaban J connectivity index is 0.000000211. The number of oxime groups is 1. The molecule has 0 spiro atoms. The Hall–Kier alpha value is -7.14. The molecule has 11 atom stereocenters. The summed E-state index contributed by atoms with van der Waals surface area (Å²) in [6, 6.07) is 3.57. The molecular formula is C51H66N12O17S4. The van der Waals surface area contributed by atoms with Crippen molar-refractivity contribution in [1.82, 2.24) is 35.2 Å². The second kappa shape index (κ2) is 27.3.